The second-order valence-corrected chi connectivity index (χ2v) is 8.12. The third-order valence-electron chi connectivity index (χ3n) is 3.96. The largest absolute Gasteiger partial charge is 0.454 e. The first kappa shape index (κ1) is 17.7. The summed E-state index contributed by atoms with van der Waals surface area (Å²) in [6.45, 7) is 8.09. The maximum Gasteiger partial charge on any atom is 0.231 e. The summed E-state index contributed by atoms with van der Waals surface area (Å²) < 4.78 is 10.8. The summed E-state index contributed by atoms with van der Waals surface area (Å²) in [5, 5.41) is 3.06. The predicted molar refractivity (Wildman–Crippen MR) is 101 cm³/mol. The fraction of sp³-hybridized carbons (Fsp3) is 0.350. The van der Waals surface area contributed by atoms with Crippen molar-refractivity contribution in [3.63, 3.8) is 0 Å². The Morgan fingerprint density at radius 2 is 1.92 bits per heavy atom. The van der Waals surface area contributed by atoms with Crippen molar-refractivity contribution >= 4 is 23.4 Å². The number of ether oxygens (including phenoxy) is 2. The zero-order valence-corrected chi connectivity index (χ0v) is 15.8. The van der Waals surface area contributed by atoms with Crippen LogP contribution in [0.5, 0.6) is 11.5 Å². The van der Waals surface area contributed by atoms with E-state index in [1.807, 2.05) is 51.1 Å². The van der Waals surface area contributed by atoms with Gasteiger partial charge < -0.3 is 14.8 Å². The molecule has 1 amide bonds. The molecule has 25 heavy (non-hydrogen) atoms. The topological polar surface area (TPSA) is 47.6 Å². The van der Waals surface area contributed by atoms with Gasteiger partial charge in [0.25, 0.3) is 0 Å². The van der Waals surface area contributed by atoms with E-state index in [1.54, 1.807) is 11.8 Å². The number of benzene rings is 2. The number of fused-ring (bicyclic) bond motifs is 1. The molecule has 0 spiro atoms. The second-order valence-electron chi connectivity index (χ2n) is 7.13. The molecular weight excluding hydrogens is 334 g/mol. The molecule has 2 aromatic rings. The van der Waals surface area contributed by atoms with Crippen molar-refractivity contribution in [3.05, 3.63) is 47.5 Å². The molecule has 1 N–H and O–H groups in total. The Morgan fingerprint density at radius 1 is 1.16 bits per heavy atom. The van der Waals surface area contributed by atoms with Gasteiger partial charge in [0.1, 0.15) is 0 Å². The zero-order chi connectivity index (χ0) is 18.0. The van der Waals surface area contributed by atoms with Crippen LogP contribution in [0.3, 0.4) is 0 Å². The third-order valence-corrected chi connectivity index (χ3v) is 5.27. The van der Waals surface area contributed by atoms with Crippen LogP contribution in [-0.2, 0) is 10.5 Å². The third kappa shape index (κ3) is 4.10. The number of hydrogen-bond acceptors (Lipinski definition) is 4. The predicted octanol–water partition coefficient (Wildman–Crippen LogP) is 5.00. The first-order chi connectivity index (χ1) is 11.8. The summed E-state index contributed by atoms with van der Waals surface area (Å²) in [5.74, 6) is 2.40. The average molecular weight is 357 g/mol. The van der Waals surface area contributed by atoms with Crippen molar-refractivity contribution in [1.29, 1.82) is 0 Å². The standard InChI is InChI=1S/C20H23NO3S/c1-13-6-5-7-15(21-19(22)20(2,3)4)18(13)25-11-14-8-9-16-17(10-14)24-12-23-16/h5-10H,11-12H2,1-4H3,(H,21,22). The molecule has 4 nitrogen and oxygen atoms in total. The molecule has 3 rings (SSSR count). The minimum atomic E-state index is -0.428. The lowest BCUT2D eigenvalue weighted by atomic mass is 9.95. The van der Waals surface area contributed by atoms with Gasteiger partial charge in [0.05, 0.1) is 5.69 Å². The van der Waals surface area contributed by atoms with E-state index in [0.29, 0.717) is 0 Å². The van der Waals surface area contributed by atoms with E-state index in [0.717, 1.165) is 39.0 Å². The van der Waals surface area contributed by atoms with E-state index in [4.69, 9.17) is 9.47 Å². The van der Waals surface area contributed by atoms with Gasteiger partial charge >= 0.3 is 0 Å². The SMILES string of the molecule is Cc1cccc(NC(=O)C(C)(C)C)c1SCc1ccc2c(c1)OCO2. The molecule has 5 heteroatoms. The maximum atomic E-state index is 12.3. The Bertz CT molecular complexity index is 796. The number of carbonyl (C=O) groups is 1. The molecule has 0 fully saturated rings. The Hall–Kier alpha value is -2.14. The molecule has 132 valence electrons. The molecule has 0 radical (unpaired) electrons. The number of thioether (sulfide) groups is 1. The Kier molecular flexibility index (Phi) is 4.95. The van der Waals surface area contributed by atoms with E-state index in [2.05, 4.69) is 18.3 Å². The van der Waals surface area contributed by atoms with Crippen molar-refractivity contribution in [2.75, 3.05) is 12.1 Å². The van der Waals surface area contributed by atoms with Crippen LogP contribution in [0.4, 0.5) is 5.69 Å². The summed E-state index contributed by atoms with van der Waals surface area (Å²) in [4.78, 5) is 13.4. The van der Waals surface area contributed by atoms with E-state index >= 15 is 0 Å². The van der Waals surface area contributed by atoms with Crippen LogP contribution >= 0.6 is 11.8 Å². The number of aryl methyl sites for hydroxylation is 1. The maximum absolute atomic E-state index is 12.3. The van der Waals surface area contributed by atoms with E-state index < -0.39 is 5.41 Å². The van der Waals surface area contributed by atoms with Gasteiger partial charge in [-0.15, -0.1) is 11.8 Å². The first-order valence-electron chi connectivity index (χ1n) is 8.27. The van der Waals surface area contributed by atoms with Crippen molar-refractivity contribution in [3.8, 4) is 11.5 Å². The Labute approximate surface area is 152 Å². The van der Waals surface area contributed by atoms with Crippen LogP contribution in [0.2, 0.25) is 0 Å². The minimum Gasteiger partial charge on any atom is -0.454 e. The van der Waals surface area contributed by atoms with Crippen LogP contribution in [-0.4, -0.2) is 12.7 Å². The minimum absolute atomic E-state index is 0.0167. The number of nitrogens with one attached hydrogen (secondary N) is 1. The fourth-order valence-corrected chi connectivity index (χ4v) is 3.50. The molecular formula is C20H23NO3S. The van der Waals surface area contributed by atoms with Gasteiger partial charge in [0, 0.05) is 16.1 Å². The van der Waals surface area contributed by atoms with Gasteiger partial charge in [0.2, 0.25) is 12.7 Å². The molecule has 1 aliphatic heterocycles. The molecule has 0 bridgehead atoms. The first-order valence-corrected chi connectivity index (χ1v) is 9.25. The molecule has 1 aliphatic rings. The van der Waals surface area contributed by atoms with E-state index in [-0.39, 0.29) is 12.7 Å². The van der Waals surface area contributed by atoms with Crippen LogP contribution < -0.4 is 14.8 Å². The molecule has 0 unspecified atom stereocenters. The Balaban J connectivity index is 1.77. The lowest BCUT2D eigenvalue weighted by molar-refractivity contribution is -0.123. The normalized spacial score (nSPS) is 13.0. The van der Waals surface area contributed by atoms with E-state index in [9.17, 15) is 4.79 Å². The number of hydrogen-bond donors (Lipinski definition) is 1. The molecule has 0 atom stereocenters. The highest BCUT2D eigenvalue weighted by atomic mass is 32.2. The van der Waals surface area contributed by atoms with Gasteiger partial charge in [-0.05, 0) is 36.2 Å². The second kappa shape index (κ2) is 7.00. The average Bonchev–Trinajstić information content (AvgIpc) is 3.01. The molecule has 0 saturated heterocycles. The smallest absolute Gasteiger partial charge is 0.231 e. The zero-order valence-electron chi connectivity index (χ0n) is 15.0. The molecule has 1 heterocycles. The molecule has 0 aromatic heterocycles. The highest BCUT2D eigenvalue weighted by molar-refractivity contribution is 7.98. The summed E-state index contributed by atoms with van der Waals surface area (Å²) in [6.07, 6.45) is 0. The monoisotopic (exact) mass is 357 g/mol. The summed E-state index contributed by atoms with van der Waals surface area (Å²) in [7, 11) is 0. The molecule has 2 aromatic carbocycles. The van der Waals surface area contributed by atoms with Crippen molar-refractivity contribution in [1.82, 2.24) is 0 Å². The van der Waals surface area contributed by atoms with Crippen LogP contribution in [0.25, 0.3) is 0 Å². The summed E-state index contributed by atoms with van der Waals surface area (Å²) in [6, 6.07) is 12.0. The number of carbonyl (C=O) groups excluding carboxylic acids is 1. The van der Waals surface area contributed by atoms with Gasteiger partial charge in [-0.25, -0.2) is 0 Å². The van der Waals surface area contributed by atoms with E-state index in [1.165, 1.54) is 0 Å². The van der Waals surface area contributed by atoms with Crippen molar-refractivity contribution in [2.24, 2.45) is 5.41 Å². The van der Waals surface area contributed by atoms with Crippen LogP contribution in [0, 0.1) is 12.3 Å². The summed E-state index contributed by atoms with van der Waals surface area (Å²) >= 11 is 1.71. The van der Waals surface area contributed by atoms with Crippen molar-refractivity contribution < 1.29 is 14.3 Å². The van der Waals surface area contributed by atoms with Gasteiger partial charge in [-0.2, -0.15) is 0 Å². The van der Waals surface area contributed by atoms with Crippen molar-refractivity contribution in [2.45, 2.75) is 38.3 Å². The fourth-order valence-electron chi connectivity index (χ4n) is 2.44. The summed E-state index contributed by atoms with van der Waals surface area (Å²) in [5.41, 5.74) is 2.75. The van der Waals surface area contributed by atoms with Gasteiger partial charge in [0.15, 0.2) is 11.5 Å². The Morgan fingerprint density at radius 3 is 2.68 bits per heavy atom. The van der Waals surface area contributed by atoms with Crippen LogP contribution in [0.15, 0.2) is 41.3 Å². The van der Waals surface area contributed by atoms with Crippen LogP contribution in [0.1, 0.15) is 31.9 Å². The highest BCUT2D eigenvalue weighted by Crippen LogP contribution is 2.37. The molecule has 0 saturated carbocycles. The lowest BCUT2D eigenvalue weighted by Crippen LogP contribution is -2.27. The molecule has 0 aliphatic carbocycles. The lowest BCUT2D eigenvalue weighted by Gasteiger charge is -2.20. The number of rotatable bonds is 4. The quantitative estimate of drug-likeness (QED) is 0.782. The van der Waals surface area contributed by atoms with Gasteiger partial charge in [-0.1, -0.05) is 39.0 Å². The number of anilines is 1. The van der Waals surface area contributed by atoms with Gasteiger partial charge in [-0.3, -0.25) is 4.79 Å². The highest BCUT2D eigenvalue weighted by Gasteiger charge is 2.22. The number of amides is 1.